The molecule has 1 aromatic heterocycles. The maximum atomic E-state index is 11.8. The molecule has 108 valence electrons. The van der Waals surface area contributed by atoms with Crippen LogP contribution < -0.4 is 5.32 Å². The number of hydrogen-bond donors (Lipinski definition) is 1. The minimum Gasteiger partial charge on any atom is -0.465 e. The molecule has 1 amide bonds. The summed E-state index contributed by atoms with van der Waals surface area (Å²) in [5.74, 6) is -0.734. The van der Waals surface area contributed by atoms with Crippen LogP contribution in [0.25, 0.3) is 6.08 Å². The van der Waals surface area contributed by atoms with Gasteiger partial charge < -0.3 is 10.1 Å². The Morgan fingerprint density at radius 2 is 2.19 bits per heavy atom. The second kappa shape index (κ2) is 6.81. The predicted molar refractivity (Wildman–Crippen MR) is 82.3 cm³/mol. The van der Waals surface area contributed by atoms with Gasteiger partial charge in [0.15, 0.2) is 0 Å². The molecule has 0 atom stereocenters. The van der Waals surface area contributed by atoms with Crippen molar-refractivity contribution in [3.8, 4) is 0 Å². The van der Waals surface area contributed by atoms with Gasteiger partial charge in [0.1, 0.15) is 0 Å². The van der Waals surface area contributed by atoms with Gasteiger partial charge in [0.2, 0.25) is 5.91 Å². The number of nitrogens with zero attached hydrogens (tertiary/aromatic N) is 1. The first-order valence-electron chi connectivity index (χ1n) is 6.18. The molecule has 2 aromatic rings. The third-order valence-corrected chi connectivity index (χ3v) is 3.39. The average Bonchev–Trinajstić information content (AvgIpc) is 2.90. The zero-order valence-corrected chi connectivity index (χ0v) is 12.4. The van der Waals surface area contributed by atoms with Crippen molar-refractivity contribution in [1.29, 1.82) is 0 Å². The quantitative estimate of drug-likeness (QED) is 0.696. The molecule has 0 aliphatic rings. The molecule has 0 fully saturated rings. The summed E-state index contributed by atoms with van der Waals surface area (Å²) < 4.78 is 4.63. The molecule has 0 aliphatic carbocycles. The van der Waals surface area contributed by atoms with E-state index >= 15 is 0 Å². The van der Waals surface area contributed by atoms with E-state index in [4.69, 9.17) is 0 Å². The largest absolute Gasteiger partial charge is 0.465 e. The molecule has 21 heavy (non-hydrogen) atoms. The minimum absolute atomic E-state index is 0.289. The molecule has 0 saturated carbocycles. The molecule has 0 saturated heterocycles. The maximum absolute atomic E-state index is 11.8. The minimum atomic E-state index is -0.445. The van der Waals surface area contributed by atoms with E-state index in [1.54, 1.807) is 30.3 Å². The lowest BCUT2D eigenvalue weighted by Crippen LogP contribution is -2.09. The van der Waals surface area contributed by atoms with Crippen molar-refractivity contribution in [1.82, 2.24) is 4.98 Å². The summed E-state index contributed by atoms with van der Waals surface area (Å²) in [6, 6.07) is 6.56. The Labute approximate surface area is 126 Å². The van der Waals surface area contributed by atoms with E-state index in [9.17, 15) is 9.59 Å². The smallest absolute Gasteiger partial charge is 0.337 e. The van der Waals surface area contributed by atoms with E-state index in [1.807, 2.05) is 12.3 Å². The van der Waals surface area contributed by atoms with Crippen LogP contribution in [0, 0.1) is 6.92 Å². The van der Waals surface area contributed by atoms with Crippen molar-refractivity contribution in [3.63, 3.8) is 0 Å². The zero-order chi connectivity index (χ0) is 15.2. The first-order chi connectivity index (χ1) is 10.1. The van der Waals surface area contributed by atoms with Crippen LogP contribution in [0.4, 0.5) is 5.69 Å². The number of aryl methyl sites for hydroxylation is 1. The second-order valence-electron chi connectivity index (χ2n) is 4.19. The molecule has 0 spiro atoms. The molecule has 5 nitrogen and oxygen atoms in total. The number of thiazole rings is 1. The first kappa shape index (κ1) is 14.9. The van der Waals surface area contributed by atoms with Crippen LogP contribution in [0.15, 0.2) is 35.7 Å². The fourth-order valence-corrected chi connectivity index (χ4v) is 2.22. The standard InChI is InChI=1S/C15H14N2O3S/c1-10-16-13(9-21-10)6-7-14(18)17-12-5-3-4-11(8-12)15(19)20-2/h3-9H,1-2H3,(H,17,18)/b7-6+. The second-order valence-corrected chi connectivity index (χ2v) is 5.25. The summed E-state index contributed by atoms with van der Waals surface area (Å²) in [4.78, 5) is 27.4. The van der Waals surface area contributed by atoms with E-state index in [0.29, 0.717) is 11.3 Å². The van der Waals surface area contributed by atoms with Crippen molar-refractivity contribution in [2.45, 2.75) is 6.92 Å². The molecule has 1 aromatic carbocycles. The number of ether oxygens (including phenoxy) is 1. The zero-order valence-electron chi connectivity index (χ0n) is 11.6. The van der Waals surface area contributed by atoms with Gasteiger partial charge in [-0.2, -0.15) is 0 Å². The van der Waals surface area contributed by atoms with Gasteiger partial charge in [-0.1, -0.05) is 6.07 Å². The number of rotatable bonds is 4. The van der Waals surface area contributed by atoms with Gasteiger partial charge in [-0.3, -0.25) is 4.79 Å². The Bertz CT molecular complexity index is 692. The SMILES string of the molecule is COC(=O)c1cccc(NC(=O)/C=C/c2csc(C)n2)c1. The molecule has 1 heterocycles. The molecule has 1 N–H and O–H groups in total. The Hall–Kier alpha value is -2.47. The van der Waals surface area contributed by atoms with Crippen LogP contribution in [-0.2, 0) is 9.53 Å². The topological polar surface area (TPSA) is 68.3 Å². The Kier molecular flexibility index (Phi) is 4.84. The van der Waals surface area contributed by atoms with Crippen molar-refractivity contribution in [3.05, 3.63) is 52.0 Å². The summed E-state index contributed by atoms with van der Waals surface area (Å²) in [6.07, 6.45) is 3.04. The van der Waals surface area contributed by atoms with Crippen LogP contribution in [-0.4, -0.2) is 24.0 Å². The summed E-state index contributed by atoms with van der Waals surface area (Å²) in [6.45, 7) is 1.90. The Morgan fingerprint density at radius 1 is 1.38 bits per heavy atom. The highest BCUT2D eigenvalue weighted by atomic mass is 32.1. The molecule has 2 rings (SSSR count). The van der Waals surface area contributed by atoms with Crippen LogP contribution in [0.3, 0.4) is 0 Å². The van der Waals surface area contributed by atoms with E-state index in [2.05, 4.69) is 15.0 Å². The number of aromatic nitrogens is 1. The monoisotopic (exact) mass is 302 g/mol. The lowest BCUT2D eigenvalue weighted by Gasteiger charge is -2.04. The number of benzene rings is 1. The van der Waals surface area contributed by atoms with Crippen molar-refractivity contribution < 1.29 is 14.3 Å². The first-order valence-corrected chi connectivity index (χ1v) is 7.06. The predicted octanol–water partition coefficient (Wildman–Crippen LogP) is 2.89. The van der Waals surface area contributed by atoms with Gasteiger partial charge >= 0.3 is 5.97 Å². The molecule has 6 heteroatoms. The van der Waals surface area contributed by atoms with Gasteiger partial charge in [-0.25, -0.2) is 9.78 Å². The fraction of sp³-hybridized carbons (Fsp3) is 0.133. The van der Waals surface area contributed by atoms with Crippen LogP contribution in [0.2, 0.25) is 0 Å². The summed E-state index contributed by atoms with van der Waals surface area (Å²) in [5.41, 5.74) is 1.66. The average molecular weight is 302 g/mol. The van der Waals surface area contributed by atoms with Gasteiger partial charge in [0.25, 0.3) is 0 Å². The number of amides is 1. The van der Waals surface area contributed by atoms with E-state index < -0.39 is 5.97 Å². The van der Waals surface area contributed by atoms with Crippen molar-refractivity contribution >= 4 is 35.0 Å². The molecule has 0 bridgehead atoms. The van der Waals surface area contributed by atoms with E-state index in [1.165, 1.54) is 24.5 Å². The summed E-state index contributed by atoms with van der Waals surface area (Å²) in [5, 5.41) is 5.50. The number of anilines is 1. The maximum Gasteiger partial charge on any atom is 0.337 e. The van der Waals surface area contributed by atoms with Gasteiger partial charge in [-0.05, 0) is 31.2 Å². The highest BCUT2D eigenvalue weighted by Gasteiger charge is 2.06. The fourth-order valence-electron chi connectivity index (χ4n) is 1.64. The number of nitrogens with one attached hydrogen (secondary N) is 1. The molecule has 0 radical (unpaired) electrons. The molecular formula is C15H14N2O3S. The van der Waals surface area contributed by atoms with Crippen LogP contribution in [0.1, 0.15) is 21.1 Å². The summed E-state index contributed by atoms with van der Waals surface area (Å²) in [7, 11) is 1.31. The van der Waals surface area contributed by atoms with Crippen LogP contribution >= 0.6 is 11.3 Å². The van der Waals surface area contributed by atoms with Gasteiger partial charge in [-0.15, -0.1) is 11.3 Å². The number of carbonyl (C=O) groups excluding carboxylic acids is 2. The van der Waals surface area contributed by atoms with Gasteiger partial charge in [0, 0.05) is 17.1 Å². The highest BCUT2D eigenvalue weighted by Crippen LogP contribution is 2.12. The molecule has 0 unspecified atom stereocenters. The Morgan fingerprint density at radius 3 is 2.86 bits per heavy atom. The van der Waals surface area contributed by atoms with E-state index in [0.717, 1.165) is 10.7 Å². The van der Waals surface area contributed by atoms with Crippen LogP contribution in [0.5, 0.6) is 0 Å². The number of esters is 1. The normalized spacial score (nSPS) is 10.6. The number of carbonyl (C=O) groups is 2. The number of methoxy groups -OCH3 is 1. The van der Waals surface area contributed by atoms with Crippen molar-refractivity contribution in [2.24, 2.45) is 0 Å². The third kappa shape index (κ3) is 4.25. The lowest BCUT2D eigenvalue weighted by atomic mass is 10.2. The lowest BCUT2D eigenvalue weighted by molar-refractivity contribution is -0.111. The molecular weight excluding hydrogens is 288 g/mol. The highest BCUT2D eigenvalue weighted by molar-refractivity contribution is 7.09. The van der Waals surface area contributed by atoms with Crippen molar-refractivity contribution in [2.75, 3.05) is 12.4 Å². The number of hydrogen-bond acceptors (Lipinski definition) is 5. The third-order valence-electron chi connectivity index (χ3n) is 2.59. The molecule has 0 aliphatic heterocycles. The summed E-state index contributed by atoms with van der Waals surface area (Å²) >= 11 is 1.52. The Balaban J connectivity index is 2.02. The van der Waals surface area contributed by atoms with Gasteiger partial charge in [0.05, 0.1) is 23.4 Å². The van der Waals surface area contributed by atoms with E-state index in [-0.39, 0.29) is 5.91 Å².